The van der Waals surface area contributed by atoms with Gasteiger partial charge in [-0.25, -0.2) is 0 Å². The smallest absolute Gasteiger partial charge is 0.227 e. The van der Waals surface area contributed by atoms with Gasteiger partial charge in [0.05, 0.1) is 6.10 Å². The lowest BCUT2D eigenvalue weighted by molar-refractivity contribution is -0.135. The fraction of sp³-hybridized carbons (Fsp3) is 0.471. The molecule has 7 heteroatoms. The first-order chi connectivity index (χ1) is 11.5. The lowest BCUT2D eigenvalue weighted by Gasteiger charge is -2.34. The second-order valence-corrected chi connectivity index (χ2v) is 6.63. The van der Waals surface area contributed by atoms with E-state index in [-0.39, 0.29) is 11.8 Å². The largest absolute Gasteiger partial charge is 0.391 e. The summed E-state index contributed by atoms with van der Waals surface area (Å²) < 4.78 is 5.21. The molecule has 2 heterocycles. The topological polar surface area (TPSA) is 79.5 Å². The number of benzene rings is 1. The van der Waals surface area contributed by atoms with Gasteiger partial charge in [-0.1, -0.05) is 23.7 Å². The Kier molecular flexibility index (Phi) is 5.16. The molecule has 0 radical (unpaired) electrons. The van der Waals surface area contributed by atoms with E-state index in [1.807, 2.05) is 19.1 Å². The number of aliphatic hydroxyl groups is 1. The molecule has 0 saturated carbocycles. The molecule has 0 spiro atoms. The van der Waals surface area contributed by atoms with E-state index in [1.165, 1.54) is 0 Å². The minimum absolute atomic E-state index is 0.00666. The molecule has 0 bridgehead atoms. The van der Waals surface area contributed by atoms with Crippen molar-refractivity contribution in [1.82, 2.24) is 15.0 Å². The van der Waals surface area contributed by atoms with Crippen LogP contribution in [0.25, 0.3) is 11.4 Å². The van der Waals surface area contributed by atoms with Crippen LogP contribution in [0.15, 0.2) is 28.8 Å². The molecule has 1 aliphatic rings. The average Bonchev–Trinajstić information content (AvgIpc) is 3.05. The fourth-order valence-corrected chi connectivity index (χ4v) is 2.85. The molecule has 1 saturated heterocycles. The molecule has 1 fully saturated rings. The number of carbonyl (C=O) groups is 1. The summed E-state index contributed by atoms with van der Waals surface area (Å²) in [6.07, 6.45) is 1.07. The standard InChI is InChI=1S/C17H20ClN3O3/c1-11-8-9-21(10-14(11)22)16(23)7-6-15-19-17(20-24-15)12-2-4-13(18)5-3-12/h2-5,11,14,22H,6-10H2,1H3. The van der Waals surface area contributed by atoms with E-state index in [2.05, 4.69) is 10.1 Å². The molecule has 1 N–H and O–H groups in total. The van der Waals surface area contributed by atoms with E-state index >= 15 is 0 Å². The van der Waals surface area contributed by atoms with Crippen LogP contribution in [-0.4, -0.2) is 45.2 Å². The summed E-state index contributed by atoms with van der Waals surface area (Å²) in [4.78, 5) is 18.3. The number of piperidine rings is 1. The highest BCUT2D eigenvalue weighted by Gasteiger charge is 2.27. The lowest BCUT2D eigenvalue weighted by atomic mass is 9.96. The number of aromatic nitrogens is 2. The van der Waals surface area contributed by atoms with Crippen molar-refractivity contribution in [2.24, 2.45) is 5.92 Å². The first-order valence-corrected chi connectivity index (χ1v) is 8.45. The number of β-amino-alcohol motifs (C(OH)–C–C–N with tert-alkyl or cyclic N) is 1. The van der Waals surface area contributed by atoms with E-state index < -0.39 is 6.10 Å². The normalized spacial score (nSPS) is 21.0. The molecule has 128 valence electrons. The van der Waals surface area contributed by atoms with Crippen LogP contribution < -0.4 is 0 Å². The molecule has 1 aromatic heterocycles. The van der Waals surface area contributed by atoms with E-state index in [1.54, 1.807) is 17.0 Å². The lowest BCUT2D eigenvalue weighted by Crippen LogP contribution is -2.45. The predicted molar refractivity (Wildman–Crippen MR) is 89.4 cm³/mol. The van der Waals surface area contributed by atoms with E-state index in [0.717, 1.165) is 12.0 Å². The van der Waals surface area contributed by atoms with Crippen LogP contribution in [0.2, 0.25) is 5.02 Å². The number of amides is 1. The molecule has 6 nitrogen and oxygen atoms in total. The first-order valence-electron chi connectivity index (χ1n) is 8.07. The van der Waals surface area contributed by atoms with Gasteiger partial charge < -0.3 is 14.5 Å². The Morgan fingerprint density at radius 3 is 2.88 bits per heavy atom. The highest BCUT2D eigenvalue weighted by atomic mass is 35.5. The van der Waals surface area contributed by atoms with Crippen molar-refractivity contribution in [3.8, 4) is 11.4 Å². The van der Waals surface area contributed by atoms with Crippen LogP contribution in [0.3, 0.4) is 0 Å². The number of rotatable bonds is 4. The van der Waals surface area contributed by atoms with Gasteiger partial charge in [-0.2, -0.15) is 4.98 Å². The number of carbonyl (C=O) groups excluding carboxylic acids is 1. The summed E-state index contributed by atoms with van der Waals surface area (Å²) in [7, 11) is 0. The number of aryl methyl sites for hydroxylation is 1. The zero-order valence-corrected chi connectivity index (χ0v) is 14.2. The predicted octanol–water partition coefficient (Wildman–Crippen LogP) is 2.55. The average molecular weight is 350 g/mol. The molecule has 1 amide bonds. The van der Waals surface area contributed by atoms with Gasteiger partial charge in [0, 0.05) is 36.5 Å². The van der Waals surface area contributed by atoms with Crippen molar-refractivity contribution in [1.29, 1.82) is 0 Å². The van der Waals surface area contributed by atoms with Crippen molar-refractivity contribution < 1.29 is 14.4 Å². The third kappa shape index (κ3) is 3.94. The number of hydrogen-bond acceptors (Lipinski definition) is 5. The van der Waals surface area contributed by atoms with Crippen LogP contribution in [0.4, 0.5) is 0 Å². The number of hydrogen-bond donors (Lipinski definition) is 1. The second kappa shape index (κ2) is 7.32. The van der Waals surface area contributed by atoms with Crippen molar-refractivity contribution in [2.45, 2.75) is 32.3 Å². The maximum Gasteiger partial charge on any atom is 0.227 e. The van der Waals surface area contributed by atoms with E-state index in [4.69, 9.17) is 16.1 Å². The maximum atomic E-state index is 12.2. The Bertz CT molecular complexity index is 701. The third-order valence-electron chi connectivity index (χ3n) is 4.39. The minimum Gasteiger partial charge on any atom is -0.391 e. The number of likely N-dealkylation sites (tertiary alicyclic amines) is 1. The van der Waals surface area contributed by atoms with Gasteiger partial charge in [0.25, 0.3) is 0 Å². The molecule has 2 unspecified atom stereocenters. The maximum absolute atomic E-state index is 12.2. The molecule has 2 atom stereocenters. The van der Waals surface area contributed by atoms with Crippen molar-refractivity contribution in [3.63, 3.8) is 0 Å². The summed E-state index contributed by atoms with van der Waals surface area (Å²) in [6, 6.07) is 7.16. The molecular weight excluding hydrogens is 330 g/mol. The molecule has 2 aromatic rings. The van der Waals surface area contributed by atoms with Crippen molar-refractivity contribution >= 4 is 17.5 Å². The summed E-state index contributed by atoms with van der Waals surface area (Å²) in [5, 5.41) is 14.5. The second-order valence-electron chi connectivity index (χ2n) is 6.19. The first kappa shape index (κ1) is 16.9. The zero-order chi connectivity index (χ0) is 17.1. The molecule has 1 aliphatic heterocycles. The summed E-state index contributed by atoms with van der Waals surface area (Å²) in [6.45, 7) is 3.10. The molecule has 24 heavy (non-hydrogen) atoms. The quantitative estimate of drug-likeness (QED) is 0.917. The van der Waals surface area contributed by atoms with Gasteiger partial charge >= 0.3 is 0 Å². The van der Waals surface area contributed by atoms with Crippen LogP contribution in [-0.2, 0) is 11.2 Å². The van der Waals surface area contributed by atoms with Crippen molar-refractivity contribution in [3.05, 3.63) is 35.2 Å². The Hall–Kier alpha value is -1.92. The van der Waals surface area contributed by atoms with Crippen LogP contribution in [0.5, 0.6) is 0 Å². The highest BCUT2D eigenvalue weighted by Crippen LogP contribution is 2.20. The van der Waals surface area contributed by atoms with Gasteiger partial charge in [-0.3, -0.25) is 4.79 Å². The van der Waals surface area contributed by atoms with Crippen LogP contribution >= 0.6 is 11.6 Å². The summed E-state index contributed by atoms with van der Waals surface area (Å²) in [5.74, 6) is 1.16. The Balaban J connectivity index is 1.55. The Labute approximate surface area is 145 Å². The van der Waals surface area contributed by atoms with Crippen molar-refractivity contribution in [2.75, 3.05) is 13.1 Å². The van der Waals surface area contributed by atoms with Gasteiger partial charge in [0.15, 0.2) is 0 Å². The molecule has 0 aliphatic carbocycles. The highest BCUT2D eigenvalue weighted by molar-refractivity contribution is 6.30. The minimum atomic E-state index is -0.442. The van der Waals surface area contributed by atoms with Gasteiger partial charge in [-0.05, 0) is 36.6 Å². The third-order valence-corrected chi connectivity index (χ3v) is 4.65. The number of aliphatic hydroxyl groups excluding tert-OH is 1. The molecular formula is C17H20ClN3O3. The van der Waals surface area contributed by atoms with Crippen LogP contribution in [0, 0.1) is 5.92 Å². The van der Waals surface area contributed by atoms with E-state index in [0.29, 0.717) is 42.7 Å². The Morgan fingerprint density at radius 1 is 1.42 bits per heavy atom. The number of halogens is 1. The summed E-state index contributed by atoms with van der Waals surface area (Å²) >= 11 is 5.86. The molecule has 1 aromatic carbocycles. The van der Waals surface area contributed by atoms with Gasteiger partial charge in [0.2, 0.25) is 17.6 Å². The van der Waals surface area contributed by atoms with Crippen LogP contribution in [0.1, 0.15) is 25.7 Å². The van der Waals surface area contributed by atoms with Gasteiger partial charge in [-0.15, -0.1) is 0 Å². The Morgan fingerprint density at radius 2 is 2.17 bits per heavy atom. The van der Waals surface area contributed by atoms with E-state index in [9.17, 15) is 9.90 Å². The molecule has 3 rings (SSSR count). The van der Waals surface area contributed by atoms with Gasteiger partial charge in [0.1, 0.15) is 0 Å². The SMILES string of the molecule is CC1CCN(C(=O)CCc2nc(-c3ccc(Cl)cc3)no2)CC1O. The summed E-state index contributed by atoms with van der Waals surface area (Å²) in [5.41, 5.74) is 0.814. The monoisotopic (exact) mass is 349 g/mol. The fourth-order valence-electron chi connectivity index (χ4n) is 2.72. The zero-order valence-electron chi connectivity index (χ0n) is 13.5. The number of nitrogens with zero attached hydrogens (tertiary/aromatic N) is 3.